The molecule has 0 saturated heterocycles. The second-order valence-electron chi connectivity index (χ2n) is 3.07. The lowest BCUT2D eigenvalue weighted by Crippen LogP contribution is -2.18. The molecular weight excluding hydrogens is 249 g/mol. The Morgan fingerprint density at radius 3 is 2.62 bits per heavy atom. The van der Waals surface area contributed by atoms with Crippen LogP contribution in [0.2, 0.25) is 0 Å². The first-order chi connectivity index (χ1) is 7.38. The van der Waals surface area contributed by atoms with Crippen LogP contribution in [0.3, 0.4) is 0 Å². The summed E-state index contributed by atoms with van der Waals surface area (Å²) >= 11 is 5.66. The molecule has 0 N–H and O–H groups in total. The molecule has 92 valence electrons. The Kier molecular flexibility index (Phi) is 4.55. The van der Waals surface area contributed by atoms with E-state index in [1.54, 1.807) is 6.92 Å². The van der Waals surface area contributed by atoms with Crippen molar-refractivity contribution in [3.05, 3.63) is 11.8 Å². The molecule has 0 aliphatic carbocycles. The van der Waals surface area contributed by atoms with Gasteiger partial charge >= 0.3 is 6.18 Å². The Morgan fingerprint density at radius 1 is 1.44 bits per heavy atom. The highest BCUT2D eigenvalue weighted by molar-refractivity contribution is 6.20. The van der Waals surface area contributed by atoms with Gasteiger partial charge in [-0.15, -0.1) is 21.8 Å². The van der Waals surface area contributed by atoms with E-state index in [9.17, 15) is 13.2 Å². The minimum absolute atomic E-state index is 0.127. The molecule has 1 unspecified atom stereocenters. The van der Waals surface area contributed by atoms with E-state index in [4.69, 9.17) is 16.0 Å². The Morgan fingerprint density at radius 2 is 2.12 bits per heavy atom. The summed E-state index contributed by atoms with van der Waals surface area (Å²) in [5.74, 6) is 0.456. The summed E-state index contributed by atoms with van der Waals surface area (Å²) in [7, 11) is 0. The van der Waals surface area contributed by atoms with Crippen molar-refractivity contribution in [1.29, 1.82) is 0 Å². The van der Waals surface area contributed by atoms with Crippen LogP contribution in [0, 0.1) is 0 Å². The van der Waals surface area contributed by atoms with Gasteiger partial charge in [-0.2, -0.15) is 13.2 Å². The SMILES string of the molecule is CC(Cl)c1nnc(CCOCC(F)(F)F)o1. The molecule has 1 aromatic rings. The van der Waals surface area contributed by atoms with Gasteiger partial charge in [0.2, 0.25) is 11.8 Å². The van der Waals surface area contributed by atoms with Crippen molar-refractivity contribution in [1.82, 2.24) is 10.2 Å². The fraction of sp³-hybridized carbons (Fsp3) is 0.750. The average Bonchev–Trinajstić information content (AvgIpc) is 2.59. The summed E-state index contributed by atoms with van der Waals surface area (Å²) in [5.41, 5.74) is 0. The van der Waals surface area contributed by atoms with Gasteiger partial charge in [0.05, 0.1) is 6.61 Å². The Bertz CT molecular complexity index is 327. The third kappa shape index (κ3) is 4.80. The van der Waals surface area contributed by atoms with Crippen molar-refractivity contribution in [3.63, 3.8) is 0 Å². The molecule has 1 rings (SSSR count). The van der Waals surface area contributed by atoms with Crippen LogP contribution in [0.5, 0.6) is 0 Å². The molecule has 0 amide bonds. The topological polar surface area (TPSA) is 48.2 Å². The lowest BCUT2D eigenvalue weighted by atomic mass is 10.4. The predicted octanol–water partition coefficient (Wildman–Crippen LogP) is 2.49. The zero-order valence-electron chi connectivity index (χ0n) is 8.42. The van der Waals surface area contributed by atoms with Crippen LogP contribution in [0.15, 0.2) is 4.42 Å². The van der Waals surface area contributed by atoms with E-state index in [0.717, 1.165) is 0 Å². The quantitative estimate of drug-likeness (QED) is 0.601. The molecule has 4 nitrogen and oxygen atoms in total. The summed E-state index contributed by atoms with van der Waals surface area (Å²) in [6, 6.07) is 0. The van der Waals surface area contributed by atoms with E-state index < -0.39 is 18.2 Å². The van der Waals surface area contributed by atoms with Gasteiger partial charge in [-0.05, 0) is 6.92 Å². The number of halogens is 4. The van der Waals surface area contributed by atoms with Crippen LogP contribution in [0.1, 0.15) is 24.1 Å². The number of ether oxygens (including phenoxy) is 1. The molecule has 1 aromatic heterocycles. The molecule has 0 aliphatic rings. The van der Waals surface area contributed by atoms with Gasteiger partial charge in [0, 0.05) is 6.42 Å². The van der Waals surface area contributed by atoms with Crippen molar-refractivity contribution in [2.75, 3.05) is 13.2 Å². The van der Waals surface area contributed by atoms with E-state index in [1.165, 1.54) is 0 Å². The Hall–Kier alpha value is -0.820. The highest BCUT2D eigenvalue weighted by Gasteiger charge is 2.27. The summed E-state index contributed by atoms with van der Waals surface area (Å²) in [6.45, 7) is 0.247. The van der Waals surface area contributed by atoms with Crippen molar-refractivity contribution < 1.29 is 22.3 Å². The summed E-state index contributed by atoms with van der Waals surface area (Å²) in [6.07, 6.45) is -4.18. The van der Waals surface area contributed by atoms with Gasteiger partial charge in [0.15, 0.2) is 0 Å². The second kappa shape index (κ2) is 5.49. The van der Waals surface area contributed by atoms with Crippen LogP contribution in [0.25, 0.3) is 0 Å². The predicted molar refractivity (Wildman–Crippen MR) is 49.1 cm³/mol. The van der Waals surface area contributed by atoms with Gasteiger partial charge in [0.25, 0.3) is 0 Å². The van der Waals surface area contributed by atoms with Crippen LogP contribution in [-0.4, -0.2) is 29.6 Å². The monoisotopic (exact) mass is 258 g/mol. The van der Waals surface area contributed by atoms with Gasteiger partial charge in [0.1, 0.15) is 12.0 Å². The van der Waals surface area contributed by atoms with Gasteiger partial charge < -0.3 is 9.15 Å². The molecule has 0 aliphatic heterocycles. The minimum Gasteiger partial charge on any atom is -0.424 e. The fourth-order valence-corrected chi connectivity index (χ4v) is 0.964. The second-order valence-corrected chi connectivity index (χ2v) is 3.72. The number of hydrogen-bond donors (Lipinski definition) is 0. The van der Waals surface area contributed by atoms with Gasteiger partial charge in [-0.25, -0.2) is 0 Å². The van der Waals surface area contributed by atoms with Gasteiger partial charge in [-0.1, -0.05) is 0 Å². The normalized spacial score (nSPS) is 14.1. The molecular formula is C8H10ClF3N2O2. The van der Waals surface area contributed by atoms with Crippen LogP contribution in [-0.2, 0) is 11.2 Å². The number of hydrogen-bond acceptors (Lipinski definition) is 4. The summed E-state index contributed by atoms with van der Waals surface area (Å²) in [4.78, 5) is 0. The van der Waals surface area contributed by atoms with E-state index in [2.05, 4.69) is 14.9 Å². The molecule has 0 fully saturated rings. The van der Waals surface area contributed by atoms with E-state index in [-0.39, 0.29) is 24.8 Å². The lowest BCUT2D eigenvalue weighted by molar-refractivity contribution is -0.173. The summed E-state index contributed by atoms with van der Waals surface area (Å²) < 4.78 is 44.5. The van der Waals surface area contributed by atoms with E-state index in [0.29, 0.717) is 0 Å². The highest BCUT2D eigenvalue weighted by Crippen LogP contribution is 2.18. The maximum atomic E-state index is 11.7. The third-order valence-electron chi connectivity index (χ3n) is 1.55. The van der Waals surface area contributed by atoms with E-state index in [1.807, 2.05) is 0 Å². The first-order valence-electron chi connectivity index (χ1n) is 4.49. The molecule has 8 heteroatoms. The number of alkyl halides is 4. The Balaban J connectivity index is 2.27. The highest BCUT2D eigenvalue weighted by atomic mass is 35.5. The molecule has 0 aromatic carbocycles. The third-order valence-corrected chi connectivity index (χ3v) is 1.74. The number of aromatic nitrogens is 2. The minimum atomic E-state index is -4.31. The maximum absolute atomic E-state index is 11.7. The number of nitrogens with zero attached hydrogens (tertiary/aromatic N) is 2. The van der Waals surface area contributed by atoms with Crippen LogP contribution < -0.4 is 0 Å². The van der Waals surface area contributed by atoms with Crippen molar-refractivity contribution in [2.45, 2.75) is 24.9 Å². The lowest BCUT2D eigenvalue weighted by Gasteiger charge is -2.05. The standard InChI is InChI=1S/C8H10ClF3N2O2/c1-5(9)7-14-13-6(16-7)2-3-15-4-8(10,11)12/h5H,2-4H2,1H3. The maximum Gasteiger partial charge on any atom is 0.411 e. The molecule has 0 saturated carbocycles. The fourth-order valence-electron chi connectivity index (χ4n) is 0.876. The van der Waals surface area contributed by atoms with Crippen molar-refractivity contribution in [2.24, 2.45) is 0 Å². The summed E-state index contributed by atoms with van der Waals surface area (Å²) in [5, 5.41) is 6.81. The molecule has 1 atom stereocenters. The number of rotatable bonds is 5. The largest absolute Gasteiger partial charge is 0.424 e. The first-order valence-corrected chi connectivity index (χ1v) is 4.93. The zero-order chi connectivity index (χ0) is 12.2. The molecule has 1 heterocycles. The average molecular weight is 259 g/mol. The smallest absolute Gasteiger partial charge is 0.411 e. The Labute approximate surface area is 94.7 Å². The van der Waals surface area contributed by atoms with Gasteiger partial charge in [-0.3, -0.25) is 0 Å². The van der Waals surface area contributed by atoms with E-state index >= 15 is 0 Å². The van der Waals surface area contributed by atoms with Crippen molar-refractivity contribution in [3.8, 4) is 0 Å². The zero-order valence-corrected chi connectivity index (χ0v) is 9.18. The molecule has 0 bridgehead atoms. The molecule has 0 spiro atoms. The molecule has 0 radical (unpaired) electrons. The first kappa shape index (κ1) is 13.2. The van der Waals surface area contributed by atoms with Crippen LogP contribution >= 0.6 is 11.6 Å². The molecule has 16 heavy (non-hydrogen) atoms. The van der Waals surface area contributed by atoms with Crippen LogP contribution in [0.4, 0.5) is 13.2 Å². The van der Waals surface area contributed by atoms with Crippen molar-refractivity contribution >= 4 is 11.6 Å².